The van der Waals surface area contributed by atoms with E-state index in [-0.39, 0.29) is 5.97 Å². The fourth-order valence-electron chi connectivity index (χ4n) is 1.98. The van der Waals surface area contributed by atoms with Gasteiger partial charge in [-0.3, -0.25) is 4.79 Å². The molecule has 0 heterocycles. The highest BCUT2D eigenvalue weighted by atomic mass is 16.5. The van der Waals surface area contributed by atoms with Gasteiger partial charge in [0, 0.05) is 0 Å². The molecule has 0 saturated heterocycles. The lowest BCUT2D eigenvalue weighted by molar-refractivity contribution is -0.150. The van der Waals surface area contributed by atoms with Gasteiger partial charge in [-0.2, -0.15) is 0 Å². The molecule has 1 N–H and O–H groups in total. The summed E-state index contributed by atoms with van der Waals surface area (Å²) in [7, 11) is 1.36. The van der Waals surface area contributed by atoms with Crippen LogP contribution in [0.3, 0.4) is 0 Å². The van der Waals surface area contributed by atoms with Crippen LogP contribution in [0.1, 0.15) is 43.4 Å². The fourth-order valence-corrected chi connectivity index (χ4v) is 1.98. The standard InChI is InChI=1S/C15H22O3/c1-4-5-6-13(15(17)18-3)14(16)12-9-7-11(2)8-10-12/h7-10,13-14,16H,4-6H2,1-3H3. The zero-order chi connectivity index (χ0) is 13.5. The number of unbranched alkanes of at least 4 members (excludes halogenated alkanes) is 1. The van der Waals surface area contributed by atoms with Crippen molar-refractivity contribution >= 4 is 5.97 Å². The summed E-state index contributed by atoms with van der Waals surface area (Å²) in [5, 5.41) is 10.3. The van der Waals surface area contributed by atoms with Gasteiger partial charge in [0.25, 0.3) is 0 Å². The molecule has 0 aromatic heterocycles. The minimum atomic E-state index is -0.787. The molecule has 0 aliphatic carbocycles. The van der Waals surface area contributed by atoms with E-state index in [1.807, 2.05) is 31.2 Å². The predicted octanol–water partition coefficient (Wildman–Crippen LogP) is 3.01. The summed E-state index contributed by atoms with van der Waals surface area (Å²) >= 11 is 0. The smallest absolute Gasteiger partial charge is 0.311 e. The van der Waals surface area contributed by atoms with E-state index in [0.717, 1.165) is 24.0 Å². The van der Waals surface area contributed by atoms with Crippen LogP contribution in [-0.2, 0) is 9.53 Å². The molecule has 0 amide bonds. The highest BCUT2D eigenvalue weighted by Gasteiger charge is 2.28. The molecule has 2 atom stereocenters. The highest BCUT2D eigenvalue weighted by molar-refractivity contribution is 5.73. The van der Waals surface area contributed by atoms with Crippen molar-refractivity contribution in [2.75, 3.05) is 7.11 Å². The van der Waals surface area contributed by atoms with Crippen LogP contribution >= 0.6 is 0 Å². The maximum atomic E-state index is 11.7. The minimum Gasteiger partial charge on any atom is -0.469 e. The average molecular weight is 250 g/mol. The van der Waals surface area contributed by atoms with E-state index in [1.54, 1.807) is 0 Å². The first kappa shape index (κ1) is 14.7. The number of carbonyl (C=O) groups is 1. The average Bonchev–Trinajstić information content (AvgIpc) is 2.39. The van der Waals surface area contributed by atoms with Gasteiger partial charge in [0.2, 0.25) is 0 Å². The summed E-state index contributed by atoms with van der Waals surface area (Å²) in [6.45, 7) is 4.05. The van der Waals surface area contributed by atoms with Gasteiger partial charge in [0.1, 0.15) is 0 Å². The lowest BCUT2D eigenvalue weighted by atomic mass is 9.91. The molecule has 1 aromatic carbocycles. The number of aryl methyl sites for hydroxylation is 1. The van der Waals surface area contributed by atoms with Crippen LogP contribution in [0.5, 0.6) is 0 Å². The zero-order valence-corrected chi connectivity index (χ0v) is 11.3. The Hall–Kier alpha value is -1.35. The third kappa shape index (κ3) is 3.84. The number of carbonyl (C=O) groups excluding carboxylic acids is 1. The highest BCUT2D eigenvalue weighted by Crippen LogP contribution is 2.27. The van der Waals surface area contributed by atoms with E-state index in [1.165, 1.54) is 7.11 Å². The van der Waals surface area contributed by atoms with Crippen LogP contribution in [0.25, 0.3) is 0 Å². The molecular formula is C15H22O3. The topological polar surface area (TPSA) is 46.5 Å². The van der Waals surface area contributed by atoms with Crippen LogP contribution in [-0.4, -0.2) is 18.2 Å². The molecular weight excluding hydrogens is 228 g/mol. The summed E-state index contributed by atoms with van der Waals surface area (Å²) in [6, 6.07) is 7.60. The van der Waals surface area contributed by atoms with Gasteiger partial charge < -0.3 is 9.84 Å². The van der Waals surface area contributed by atoms with Gasteiger partial charge >= 0.3 is 5.97 Å². The van der Waals surface area contributed by atoms with Crippen molar-refractivity contribution < 1.29 is 14.6 Å². The summed E-state index contributed by atoms with van der Waals surface area (Å²) in [6.07, 6.45) is 1.76. The lowest BCUT2D eigenvalue weighted by Gasteiger charge is -2.21. The largest absolute Gasteiger partial charge is 0.469 e. The second-order valence-corrected chi connectivity index (χ2v) is 4.63. The van der Waals surface area contributed by atoms with E-state index in [2.05, 4.69) is 6.92 Å². The SMILES string of the molecule is CCCCC(C(=O)OC)C(O)c1ccc(C)cc1. The van der Waals surface area contributed by atoms with Crippen LogP contribution in [0.2, 0.25) is 0 Å². The van der Waals surface area contributed by atoms with Gasteiger partial charge in [-0.05, 0) is 18.9 Å². The predicted molar refractivity (Wildman–Crippen MR) is 71.2 cm³/mol. The number of esters is 1. The molecule has 3 heteroatoms. The van der Waals surface area contributed by atoms with Crippen molar-refractivity contribution in [1.82, 2.24) is 0 Å². The van der Waals surface area contributed by atoms with E-state index in [9.17, 15) is 9.90 Å². The van der Waals surface area contributed by atoms with Crippen LogP contribution in [0.15, 0.2) is 24.3 Å². The van der Waals surface area contributed by atoms with Gasteiger partial charge in [0.15, 0.2) is 0 Å². The number of methoxy groups -OCH3 is 1. The summed E-state index contributed by atoms with van der Waals surface area (Å²) in [4.78, 5) is 11.7. The molecule has 0 aliphatic heterocycles. The molecule has 100 valence electrons. The number of hydrogen-bond acceptors (Lipinski definition) is 3. The Morgan fingerprint density at radius 2 is 1.94 bits per heavy atom. The van der Waals surface area contributed by atoms with Crippen LogP contribution in [0.4, 0.5) is 0 Å². The number of aliphatic hydroxyl groups excluding tert-OH is 1. The van der Waals surface area contributed by atoms with Crippen molar-refractivity contribution in [1.29, 1.82) is 0 Å². The number of aliphatic hydroxyl groups is 1. The minimum absolute atomic E-state index is 0.337. The molecule has 0 radical (unpaired) electrons. The zero-order valence-electron chi connectivity index (χ0n) is 11.3. The molecule has 0 spiro atoms. The number of ether oxygens (including phenoxy) is 1. The molecule has 1 aromatic rings. The molecule has 3 nitrogen and oxygen atoms in total. The van der Waals surface area contributed by atoms with Crippen molar-refractivity contribution in [3.05, 3.63) is 35.4 Å². The quantitative estimate of drug-likeness (QED) is 0.789. The first-order valence-electron chi connectivity index (χ1n) is 6.42. The first-order chi connectivity index (χ1) is 8.60. The third-order valence-electron chi connectivity index (χ3n) is 3.17. The molecule has 0 bridgehead atoms. The summed E-state index contributed by atoms with van der Waals surface area (Å²) in [5.41, 5.74) is 1.90. The third-order valence-corrected chi connectivity index (χ3v) is 3.17. The molecule has 2 unspecified atom stereocenters. The molecule has 18 heavy (non-hydrogen) atoms. The number of rotatable bonds is 6. The maximum absolute atomic E-state index is 11.7. The molecule has 0 fully saturated rings. The van der Waals surface area contributed by atoms with Gasteiger partial charge in [-0.15, -0.1) is 0 Å². The molecule has 1 rings (SSSR count). The van der Waals surface area contributed by atoms with Gasteiger partial charge in [-0.25, -0.2) is 0 Å². The van der Waals surface area contributed by atoms with Crippen LogP contribution in [0, 0.1) is 12.8 Å². The summed E-state index contributed by atoms with van der Waals surface area (Å²) < 4.78 is 4.78. The monoisotopic (exact) mass is 250 g/mol. The fraction of sp³-hybridized carbons (Fsp3) is 0.533. The maximum Gasteiger partial charge on any atom is 0.311 e. The Kier molecular flexibility index (Phi) is 5.86. The number of hydrogen-bond donors (Lipinski definition) is 1. The lowest BCUT2D eigenvalue weighted by Crippen LogP contribution is -2.23. The van der Waals surface area contributed by atoms with E-state index in [0.29, 0.717) is 6.42 Å². The molecule has 0 saturated carbocycles. The van der Waals surface area contributed by atoms with Gasteiger partial charge in [-0.1, -0.05) is 49.6 Å². The van der Waals surface area contributed by atoms with Crippen molar-refractivity contribution in [2.45, 2.75) is 39.2 Å². The Balaban J connectivity index is 2.83. The Morgan fingerprint density at radius 3 is 2.44 bits per heavy atom. The Labute approximate surface area is 109 Å². The Morgan fingerprint density at radius 1 is 1.33 bits per heavy atom. The first-order valence-corrected chi connectivity index (χ1v) is 6.42. The number of benzene rings is 1. The van der Waals surface area contributed by atoms with Crippen LogP contribution < -0.4 is 0 Å². The van der Waals surface area contributed by atoms with E-state index >= 15 is 0 Å². The van der Waals surface area contributed by atoms with Crippen molar-refractivity contribution in [3.8, 4) is 0 Å². The second kappa shape index (κ2) is 7.17. The summed E-state index contributed by atoms with van der Waals surface area (Å²) in [5.74, 6) is -0.811. The van der Waals surface area contributed by atoms with E-state index in [4.69, 9.17) is 4.74 Å². The van der Waals surface area contributed by atoms with Crippen molar-refractivity contribution in [2.24, 2.45) is 5.92 Å². The van der Waals surface area contributed by atoms with Gasteiger partial charge in [0.05, 0.1) is 19.1 Å². The normalized spacial score (nSPS) is 14.0. The molecule has 0 aliphatic rings. The Bertz CT molecular complexity index is 370. The van der Waals surface area contributed by atoms with Crippen molar-refractivity contribution in [3.63, 3.8) is 0 Å². The second-order valence-electron chi connectivity index (χ2n) is 4.63. The van der Waals surface area contributed by atoms with E-state index < -0.39 is 12.0 Å².